The first-order valence-corrected chi connectivity index (χ1v) is 27.9. The first kappa shape index (κ1) is 48.7. The fourth-order valence-corrected chi connectivity index (χ4v) is 12.8. The van der Waals surface area contributed by atoms with Crippen molar-refractivity contribution in [2.45, 2.75) is 52.4 Å². The third-order valence-corrected chi connectivity index (χ3v) is 16.7. The fourth-order valence-electron chi connectivity index (χ4n) is 12.8. The zero-order valence-corrected chi connectivity index (χ0v) is 46.0. The van der Waals surface area contributed by atoms with Crippen LogP contribution < -0.4 is 26.2 Å². The van der Waals surface area contributed by atoms with Crippen LogP contribution in [0.25, 0.3) is 72.0 Å². The predicted molar refractivity (Wildman–Crippen MR) is 339 cm³/mol. The molecule has 0 N–H and O–H groups in total. The second kappa shape index (κ2) is 18.8. The Morgan fingerprint density at radius 3 is 1.27 bits per heavy atom. The van der Waals surface area contributed by atoms with E-state index in [9.17, 15) is 5.26 Å². The molecule has 3 heterocycles. The molecule has 2 aliphatic heterocycles. The summed E-state index contributed by atoms with van der Waals surface area (Å²) >= 11 is 0. The molecule has 11 aromatic carbocycles. The summed E-state index contributed by atoms with van der Waals surface area (Å²) in [6.45, 7) is 13.7. The largest absolute Gasteiger partial charge is 0.310 e. The van der Waals surface area contributed by atoms with Crippen LogP contribution in [0.3, 0.4) is 0 Å². The molecule has 382 valence electrons. The molecule has 0 saturated heterocycles. The normalized spacial score (nSPS) is 12.8. The monoisotopic (exact) mass is 1030 g/mol. The summed E-state index contributed by atoms with van der Waals surface area (Å²) in [5.41, 5.74) is 25.9. The summed E-state index contributed by atoms with van der Waals surface area (Å²) in [6, 6.07) is 94.3. The van der Waals surface area contributed by atoms with Gasteiger partial charge in [0.05, 0.1) is 34.0 Å². The lowest BCUT2D eigenvalue weighted by atomic mass is 9.33. The number of rotatable bonds is 7. The van der Waals surface area contributed by atoms with E-state index in [1.54, 1.807) is 0 Å². The highest BCUT2D eigenvalue weighted by Gasteiger charge is 2.46. The zero-order valence-electron chi connectivity index (χ0n) is 46.0. The Morgan fingerprint density at radius 1 is 0.362 bits per heavy atom. The van der Waals surface area contributed by atoms with Gasteiger partial charge in [-0.25, -0.2) is 0 Å². The average Bonchev–Trinajstić information content (AvgIpc) is 3.98. The first-order chi connectivity index (χ1) is 38.9. The van der Waals surface area contributed by atoms with Crippen LogP contribution in [-0.2, 0) is 10.8 Å². The second-order valence-corrected chi connectivity index (χ2v) is 23.6. The van der Waals surface area contributed by atoms with Crippen LogP contribution in [0.15, 0.2) is 249 Å². The van der Waals surface area contributed by atoms with Crippen molar-refractivity contribution in [3.05, 3.63) is 265 Å². The maximum absolute atomic E-state index is 10.3. The molecule has 0 spiro atoms. The summed E-state index contributed by atoms with van der Waals surface area (Å²) < 4.78 is 2.43. The summed E-state index contributed by atoms with van der Waals surface area (Å²) in [5, 5.41) is 12.5. The SMILES string of the molecule is CC(C)(C)c1cc2c3c(c1)N(c1c(-c4ccccc4)cccc1-c1ccccc1)c1ccc(-n4c5ccc(C#N)cc5c5cc(C(C)(C)C)ccc54)cc1B3c1ccccc1N2c1c(-c2ccccc2)cccc1-c1ccccc1. The van der Waals surface area contributed by atoms with E-state index in [2.05, 4.69) is 305 Å². The van der Waals surface area contributed by atoms with Crippen molar-refractivity contribution in [1.29, 1.82) is 5.26 Å². The van der Waals surface area contributed by atoms with Gasteiger partial charge in [0.25, 0.3) is 6.71 Å². The predicted octanol–water partition coefficient (Wildman–Crippen LogP) is 18.0. The van der Waals surface area contributed by atoms with Gasteiger partial charge >= 0.3 is 0 Å². The van der Waals surface area contributed by atoms with Crippen molar-refractivity contribution >= 4 is 79.0 Å². The van der Waals surface area contributed by atoms with E-state index < -0.39 is 0 Å². The number of aromatic nitrogens is 1. The number of benzene rings is 11. The van der Waals surface area contributed by atoms with Gasteiger partial charge in [-0.2, -0.15) is 5.26 Å². The first-order valence-electron chi connectivity index (χ1n) is 27.9. The Hall–Kier alpha value is -9.63. The molecule has 2 aliphatic rings. The molecule has 12 aromatic rings. The van der Waals surface area contributed by atoms with Crippen LogP contribution in [0.1, 0.15) is 58.2 Å². The molecule has 0 atom stereocenters. The van der Waals surface area contributed by atoms with Crippen LogP contribution in [0.5, 0.6) is 0 Å². The van der Waals surface area contributed by atoms with E-state index in [-0.39, 0.29) is 17.5 Å². The Bertz CT molecular complexity index is 4310. The fraction of sp³-hybridized carbons (Fsp3) is 0.107. The minimum absolute atomic E-state index is 0.0664. The number of hydrogen-bond acceptors (Lipinski definition) is 3. The van der Waals surface area contributed by atoms with Gasteiger partial charge in [-0.3, -0.25) is 0 Å². The van der Waals surface area contributed by atoms with Crippen molar-refractivity contribution in [3.8, 4) is 56.3 Å². The number of para-hydroxylation sites is 3. The Morgan fingerprint density at radius 2 is 0.800 bits per heavy atom. The number of nitrogens with zero attached hydrogens (tertiary/aromatic N) is 4. The third-order valence-electron chi connectivity index (χ3n) is 16.7. The van der Waals surface area contributed by atoms with Crippen LogP contribution in [0.4, 0.5) is 34.1 Å². The van der Waals surface area contributed by atoms with Crippen LogP contribution in [-0.4, -0.2) is 11.3 Å². The van der Waals surface area contributed by atoms with Gasteiger partial charge in [0.15, 0.2) is 0 Å². The molecule has 5 heteroatoms. The van der Waals surface area contributed by atoms with E-state index in [0.717, 1.165) is 106 Å². The van der Waals surface area contributed by atoms with Crippen molar-refractivity contribution in [3.63, 3.8) is 0 Å². The van der Waals surface area contributed by atoms with Crippen LogP contribution in [0.2, 0.25) is 0 Å². The average molecular weight is 1030 g/mol. The highest BCUT2D eigenvalue weighted by Crippen LogP contribution is 2.53. The van der Waals surface area contributed by atoms with E-state index in [1.165, 1.54) is 27.5 Å². The molecule has 0 aliphatic carbocycles. The number of fused-ring (bicyclic) bond motifs is 7. The quantitative estimate of drug-likeness (QED) is 0.149. The third kappa shape index (κ3) is 7.89. The maximum Gasteiger partial charge on any atom is 0.252 e. The smallest absolute Gasteiger partial charge is 0.252 e. The topological polar surface area (TPSA) is 35.2 Å². The van der Waals surface area contributed by atoms with Gasteiger partial charge in [0.2, 0.25) is 0 Å². The van der Waals surface area contributed by atoms with Crippen LogP contribution in [0, 0.1) is 11.3 Å². The molecule has 1 aromatic heterocycles. The molecule has 80 heavy (non-hydrogen) atoms. The standard InChI is InChI=1S/C75H59BN4/c1-74(2,3)54-38-41-66-62(44-54)61-43-49(48-77)37-40-65(61)78(66)56-39-42-68-64(47-56)76-63-35-19-20-36-67(63)79(72-57(50-23-11-7-12-24-50)31-21-32-58(72)51-25-13-8-14-26-51)69-45-55(75(4,5)6)46-70(71(69)76)80(68)73-59(52-27-15-9-16-28-52)33-22-34-60(73)53-29-17-10-18-30-53/h7-47H,1-6H3. The van der Waals surface area contributed by atoms with Crippen LogP contribution >= 0.6 is 0 Å². The molecule has 0 amide bonds. The lowest BCUT2D eigenvalue weighted by molar-refractivity contribution is 0.590. The Labute approximate surface area is 470 Å². The molecule has 0 saturated carbocycles. The molecule has 0 unspecified atom stereocenters. The molecular formula is C75H59BN4. The van der Waals surface area contributed by atoms with Gasteiger partial charge in [0.1, 0.15) is 0 Å². The lowest BCUT2D eigenvalue weighted by Gasteiger charge is -2.46. The van der Waals surface area contributed by atoms with E-state index in [0.29, 0.717) is 5.56 Å². The Kier molecular flexibility index (Phi) is 11.4. The minimum atomic E-state index is -0.239. The molecule has 0 bridgehead atoms. The van der Waals surface area contributed by atoms with Gasteiger partial charge < -0.3 is 14.4 Å². The van der Waals surface area contributed by atoms with Crippen molar-refractivity contribution in [2.24, 2.45) is 0 Å². The van der Waals surface area contributed by atoms with Crippen molar-refractivity contribution < 1.29 is 0 Å². The zero-order chi connectivity index (χ0) is 54.4. The van der Waals surface area contributed by atoms with E-state index in [1.807, 2.05) is 6.07 Å². The molecular weight excluding hydrogens is 968 g/mol. The van der Waals surface area contributed by atoms with Gasteiger partial charge in [-0.05, 0) is 127 Å². The molecule has 0 fully saturated rings. The highest BCUT2D eigenvalue weighted by molar-refractivity contribution is 7.00. The van der Waals surface area contributed by atoms with Crippen molar-refractivity contribution in [2.75, 3.05) is 9.80 Å². The summed E-state index contributed by atoms with van der Waals surface area (Å²) in [4.78, 5) is 5.24. The van der Waals surface area contributed by atoms with Gasteiger partial charge in [-0.15, -0.1) is 0 Å². The maximum atomic E-state index is 10.3. The van der Waals surface area contributed by atoms with Gasteiger partial charge in [0, 0.05) is 61.5 Å². The number of nitriles is 1. The van der Waals surface area contributed by atoms with E-state index >= 15 is 0 Å². The lowest BCUT2D eigenvalue weighted by Crippen LogP contribution is -2.61. The summed E-state index contributed by atoms with van der Waals surface area (Å²) in [5.74, 6) is 0. The summed E-state index contributed by atoms with van der Waals surface area (Å²) in [7, 11) is 0. The van der Waals surface area contributed by atoms with Crippen molar-refractivity contribution in [1.82, 2.24) is 4.57 Å². The highest BCUT2D eigenvalue weighted by atomic mass is 15.2. The molecule has 4 nitrogen and oxygen atoms in total. The molecule has 0 radical (unpaired) electrons. The number of hydrogen-bond donors (Lipinski definition) is 0. The second-order valence-electron chi connectivity index (χ2n) is 23.6. The summed E-state index contributed by atoms with van der Waals surface area (Å²) in [6.07, 6.45) is 0. The molecule has 14 rings (SSSR count). The van der Waals surface area contributed by atoms with E-state index in [4.69, 9.17) is 0 Å². The number of anilines is 6. The van der Waals surface area contributed by atoms with Gasteiger partial charge in [-0.1, -0.05) is 224 Å². The Balaban J connectivity index is 1.14. The minimum Gasteiger partial charge on any atom is -0.310 e.